The fourth-order valence-corrected chi connectivity index (χ4v) is 3.48. The Bertz CT molecular complexity index is 1450. The summed E-state index contributed by atoms with van der Waals surface area (Å²) < 4.78 is 11.6. The van der Waals surface area contributed by atoms with Gasteiger partial charge in [0.25, 0.3) is 5.69 Å². The van der Waals surface area contributed by atoms with E-state index in [0.717, 1.165) is 5.69 Å². The molecular weight excluding hydrogens is 384 g/mol. The van der Waals surface area contributed by atoms with Crippen LogP contribution in [0.1, 0.15) is 0 Å². The molecule has 146 valence electrons. The number of hydrogen-bond acceptors (Lipinski definition) is 6. The zero-order valence-corrected chi connectivity index (χ0v) is 15.5. The minimum atomic E-state index is -0.540. The molecule has 30 heavy (non-hydrogen) atoms. The van der Waals surface area contributed by atoms with Gasteiger partial charge in [-0.15, -0.1) is 0 Å². The number of nitro groups is 1. The second-order valence-electron chi connectivity index (χ2n) is 6.69. The highest BCUT2D eigenvalue weighted by molar-refractivity contribution is 6.10. The van der Waals surface area contributed by atoms with Crippen LogP contribution in [-0.4, -0.2) is 4.92 Å². The number of non-ortho nitro benzene ring substituents is 1. The van der Waals surface area contributed by atoms with Crippen LogP contribution in [0.4, 0.5) is 17.3 Å². The maximum Gasteiger partial charge on any atom is 0.348 e. The molecule has 0 aliphatic rings. The molecule has 5 aromatic rings. The number of rotatable bonds is 4. The molecule has 0 bridgehead atoms. The molecule has 0 atom stereocenters. The quantitative estimate of drug-likeness (QED) is 0.231. The number of nitrogens with one attached hydrogen (secondary N) is 1. The molecule has 0 radical (unpaired) electrons. The van der Waals surface area contributed by atoms with Crippen molar-refractivity contribution in [1.82, 2.24) is 0 Å². The highest BCUT2D eigenvalue weighted by Crippen LogP contribution is 2.41. The Balaban J connectivity index is 1.81. The third-order valence-electron chi connectivity index (χ3n) is 4.85. The van der Waals surface area contributed by atoms with Gasteiger partial charge < -0.3 is 14.2 Å². The van der Waals surface area contributed by atoms with Gasteiger partial charge in [0.1, 0.15) is 11.0 Å². The smallest absolute Gasteiger partial charge is 0.348 e. The molecule has 0 fully saturated rings. The third kappa shape index (κ3) is 2.89. The number of anilines is 2. The lowest BCUT2D eigenvalue weighted by molar-refractivity contribution is -0.384. The van der Waals surface area contributed by atoms with Crippen LogP contribution in [0, 0.1) is 10.1 Å². The van der Waals surface area contributed by atoms with E-state index >= 15 is 0 Å². The first kappa shape index (κ1) is 17.7. The molecule has 0 amide bonds. The number of benzene rings is 3. The standard InChI is InChI=1S/C23H14N2O5/c26-23-20-19(14-10-12-16(13-11-14)25(27)28)22(24-15-6-2-1-3-7-15)30-21(20)17-8-4-5-9-18(17)29-23/h1-13,24H. The first-order chi connectivity index (χ1) is 14.6. The van der Waals surface area contributed by atoms with Crippen molar-refractivity contribution in [2.45, 2.75) is 0 Å². The molecule has 1 N–H and O–H groups in total. The number of nitro benzene ring substituents is 1. The maximum atomic E-state index is 12.9. The van der Waals surface area contributed by atoms with Gasteiger partial charge in [0.05, 0.1) is 15.9 Å². The van der Waals surface area contributed by atoms with Crippen LogP contribution in [-0.2, 0) is 0 Å². The van der Waals surface area contributed by atoms with Crippen molar-refractivity contribution in [1.29, 1.82) is 0 Å². The molecule has 3 aromatic carbocycles. The first-order valence-electron chi connectivity index (χ1n) is 9.17. The van der Waals surface area contributed by atoms with Gasteiger partial charge in [-0.3, -0.25) is 10.1 Å². The van der Waals surface area contributed by atoms with E-state index in [1.165, 1.54) is 12.1 Å². The Morgan fingerprint density at radius 1 is 0.833 bits per heavy atom. The zero-order valence-electron chi connectivity index (χ0n) is 15.5. The third-order valence-corrected chi connectivity index (χ3v) is 4.85. The van der Waals surface area contributed by atoms with Crippen LogP contribution >= 0.6 is 0 Å². The minimum absolute atomic E-state index is 0.0402. The Morgan fingerprint density at radius 2 is 1.53 bits per heavy atom. The van der Waals surface area contributed by atoms with Gasteiger partial charge in [0, 0.05) is 17.8 Å². The van der Waals surface area contributed by atoms with Gasteiger partial charge in [-0.05, 0) is 42.0 Å². The number of nitrogens with zero attached hydrogens (tertiary/aromatic N) is 1. The van der Waals surface area contributed by atoms with Crippen LogP contribution in [0.15, 0.2) is 92.5 Å². The molecule has 0 aliphatic carbocycles. The SMILES string of the molecule is O=c1oc2ccccc2c2oc(Nc3ccccc3)c(-c3ccc([N+](=O)[O-])cc3)c12. The molecule has 2 heterocycles. The van der Waals surface area contributed by atoms with Gasteiger partial charge in [0.2, 0.25) is 5.88 Å². The summed E-state index contributed by atoms with van der Waals surface area (Å²) in [6.45, 7) is 0. The molecular formula is C23H14N2O5. The number of furan rings is 1. The van der Waals surface area contributed by atoms with E-state index in [1.807, 2.05) is 42.5 Å². The molecule has 0 saturated heterocycles. The molecule has 0 spiro atoms. The van der Waals surface area contributed by atoms with E-state index in [9.17, 15) is 14.9 Å². The van der Waals surface area contributed by atoms with Crippen molar-refractivity contribution in [3.05, 3.63) is 99.4 Å². The molecule has 7 heteroatoms. The predicted molar refractivity (Wildman–Crippen MR) is 114 cm³/mol. The Morgan fingerprint density at radius 3 is 2.27 bits per heavy atom. The summed E-state index contributed by atoms with van der Waals surface area (Å²) in [6, 6.07) is 22.5. The van der Waals surface area contributed by atoms with Gasteiger partial charge >= 0.3 is 5.63 Å². The molecule has 0 saturated carbocycles. The van der Waals surface area contributed by atoms with Crippen molar-refractivity contribution < 1.29 is 13.8 Å². The predicted octanol–water partition coefficient (Wildman–Crippen LogP) is 5.86. The monoisotopic (exact) mass is 398 g/mol. The van der Waals surface area contributed by atoms with Crippen molar-refractivity contribution in [3.8, 4) is 11.1 Å². The van der Waals surface area contributed by atoms with Gasteiger partial charge in [-0.2, -0.15) is 0 Å². The van der Waals surface area contributed by atoms with Crippen LogP contribution < -0.4 is 10.9 Å². The Labute approximate surface area is 169 Å². The highest BCUT2D eigenvalue weighted by atomic mass is 16.6. The number of para-hydroxylation sites is 2. The van der Waals surface area contributed by atoms with Crippen molar-refractivity contribution in [2.24, 2.45) is 0 Å². The summed E-state index contributed by atoms with van der Waals surface area (Å²) in [5, 5.41) is 15.2. The summed E-state index contributed by atoms with van der Waals surface area (Å²) in [4.78, 5) is 23.4. The topological polar surface area (TPSA) is 98.5 Å². The van der Waals surface area contributed by atoms with E-state index in [-0.39, 0.29) is 11.1 Å². The average molecular weight is 398 g/mol. The van der Waals surface area contributed by atoms with Crippen molar-refractivity contribution >= 4 is 39.2 Å². The lowest BCUT2D eigenvalue weighted by Crippen LogP contribution is -2.00. The van der Waals surface area contributed by atoms with Crippen molar-refractivity contribution in [2.75, 3.05) is 5.32 Å². The molecule has 7 nitrogen and oxygen atoms in total. The largest absolute Gasteiger partial charge is 0.439 e. The first-order valence-corrected chi connectivity index (χ1v) is 9.17. The Hall–Kier alpha value is -4.39. The normalized spacial score (nSPS) is 11.1. The summed E-state index contributed by atoms with van der Waals surface area (Å²) in [6.07, 6.45) is 0. The zero-order chi connectivity index (χ0) is 20.7. The molecule has 2 aromatic heterocycles. The van der Waals surface area contributed by atoms with Crippen LogP contribution in [0.3, 0.4) is 0 Å². The highest BCUT2D eigenvalue weighted by Gasteiger charge is 2.23. The van der Waals surface area contributed by atoms with E-state index in [0.29, 0.717) is 33.6 Å². The second-order valence-corrected chi connectivity index (χ2v) is 6.69. The average Bonchev–Trinajstić information content (AvgIpc) is 3.14. The minimum Gasteiger partial charge on any atom is -0.439 e. The van der Waals surface area contributed by atoms with E-state index < -0.39 is 10.5 Å². The lowest BCUT2D eigenvalue weighted by Gasteiger charge is -2.06. The van der Waals surface area contributed by atoms with Gasteiger partial charge in [-0.25, -0.2) is 4.79 Å². The van der Waals surface area contributed by atoms with E-state index in [2.05, 4.69) is 5.32 Å². The van der Waals surface area contributed by atoms with Gasteiger partial charge in [0.15, 0.2) is 5.58 Å². The summed E-state index contributed by atoms with van der Waals surface area (Å²) in [7, 11) is 0. The second kappa shape index (κ2) is 6.89. The molecule has 5 rings (SSSR count). The van der Waals surface area contributed by atoms with E-state index in [1.54, 1.807) is 24.3 Å². The molecule has 0 aliphatic heterocycles. The number of hydrogen-bond donors (Lipinski definition) is 1. The summed E-state index contributed by atoms with van der Waals surface area (Å²) >= 11 is 0. The van der Waals surface area contributed by atoms with Crippen LogP contribution in [0.25, 0.3) is 33.1 Å². The van der Waals surface area contributed by atoms with Crippen molar-refractivity contribution in [3.63, 3.8) is 0 Å². The Kier molecular flexibility index (Phi) is 4.07. The van der Waals surface area contributed by atoms with Crippen LogP contribution in [0.5, 0.6) is 0 Å². The maximum absolute atomic E-state index is 12.9. The van der Waals surface area contributed by atoms with E-state index in [4.69, 9.17) is 8.83 Å². The van der Waals surface area contributed by atoms with Gasteiger partial charge in [-0.1, -0.05) is 30.3 Å². The van der Waals surface area contributed by atoms with Crippen LogP contribution in [0.2, 0.25) is 0 Å². The summed E-state index contributed by atoms with van der Waals surface area (Å²) in [5.41, 5.74) is 2.10. The molecule has 0 unspecified atom stereocenters. The number of fused-ring (bicyclic) bond motifs is 3. The fraction of sp³-hybridized carbons (Fsp3) is 0. The lowest BCUT2D eigenvalue weighted by atomic mass is 10.0. The summed E-state index contributed by atoms with van der Waals surface area (Å²) in [5.74, 6) is 0.355. The fourth-order valence-electron chi connectivity index (χ4n) is 3.48.